The Morgan fingerprint density at radius 1 is 1.08 bits per heavy atom. The molecule has 0 aliphatic heterocycles. The van der Waals surface area contributed by atoms with Crippen LogP contribution in [0.3, 0.4) is 0 Å². The van der Waals surface area contributed by atoms with Crippen molar-refractivity contribution < 1.29 is 13.2 Å². The number of hydrogen-bond acceptors (Lipinski definition) is 5. The van der Waals surface area contributed by atoms with Crippen LogP contribution >= 0.6 is 34.7 Å². The van der Waals surface area contributed by atoms with Gasteiger partial charge in [0.05, 0.1) is 16.1 Å². The molecule has 124 valence electrons. The van der Waals surface area contributed by atoms with Gasteiger partial charge in [-0.2, -0.15) is 13.2 Å². The molecule has 0 radical (unpaired) electrons. The largest absolute Gasteiger partial charge is 0.416 e. The van der Waals surface area contributed by atoms with Crippen LogP contribution in [0.5, 0.6) is 0 Å². The van der Waals surface area contributed by atoms with Gasteiger partial charge in [0.2, 0.25) is 0 Å². The van der Waals surface area contributed by atoms with Gasteiger partial charge in [0.1, 0.15) is 10.2 Å². The van der Waals surface area contributed by atoms with Gasteiger partial charge in [-0.25, -0.2) is 15.0 Å². The average Bonchev–Trinajstić information content (AvgIpc) is 2.96. The molecule has 2 aromatic heterocycles. The van der Waals surface area contributed by atoms with Crippen molar-refractivity contribution in [1.29, 1.82) is 0 Å². The van der Waals surface area contributed by atoms with Crippen molar-refractivity contribution in [2.75, 3.05) is 6.26 Å². The van der Waals surface area contributed by atoms with Gasteiger partial charge in [0, 0.05) is 11.8 Å². The predicted molar refractivity (Wildman–Crippen MR) is 90.4 cm³/mol. The zero-order valence-corrected chi connectivity index (χ0v) is 14.5. The highest BCUT2D eigenvalue weighted by atomic mass is 35.5. The monoisotopic (exact) mass is 387 g/mol. The molecule has 0 aliphatic carbocycles. The molecule has 0 amide bonds. The van der Waals surface area contributed by atoms with E-state index in [1.165, 1.54) is 35.2 Å². The second-order valence-corrected chi connectivity index (χ2v) is 6.77. The number of thiazole rings is 1. The first-order valence-corrected chi connectivity index (χ1v) is 9.02. The molecule has 3 rings (SSSR count). The third kappa shape index (κ3) is 3.55. The average molecular weight is 388 g/mol. The summed E-state index contributed by atoms with van der Waals surface area (Å²) in [6, 6.07) is 6.54. The molecule has 0 bridgehead atoms. The Morgan fingerprint density at radius 3 is 2.42 bits per heavy atom. The summed E-state index contributed by atoms with van der Waals surface area (Å²) < 4.78 is 37.9. The molecule has 2 heterocycles. The molecule has 0 saturated heterocycles. The molecule has 24 heavy (non-hydrogen) atoms. The molecule has 9 heteroatoms. The molecule has 0 unspecified atom stereocenters. The van der Waals surface area contributed by atoms with E-state index in [0.29, 0.717) is 26.3 Å². The molecular formula is C15H9ClF3N3S2. The lowest BCUT2D eigenvalue weighted by molar-refractivity contribution is -0.137. The van der Waals surface area contributed by atoms with Gasteiger partial charge >= 0.3 is 6.18 Å². The Bertz CT molecular complexity index is 863. The molecule has 3 aromatic rings. The van der Waals surface area contributed by atoms with Crippen LogP contribution in [-0.2, 0) is 6.18 Å². The number of aromatic nitrogens is 3. The first-order chi connectivity index (χ1) is 11.4. The normalized spacial score (nSPS) is 11.7. The van der Waals surface area contributed by atoms with Crippen LogP contribution in [0.1, 0.15) is 5.56 Å². The van der Waals surface area contributed by atoms with Crippen molar-refractivity contribution in [2.24, 2.45) is 0 Å². The number of hydrogen-bond donors (Lipinski definition) is 0. The first kappa shape index (κ1) is 17.2. The summed E-state index contributed by atoms with van der Waals surface area (Å²) in [6.45, 7) is 0. The van der Waals surface area contributed by atoms with E-state index in [1.807, 2.05) is 6.26 Å². The van der Waals surface area contributed by atoms with Crippen molar-refractivity contribution in [3.8, 4) is 21.1 Å². The van der Waals surface area contributed by atoms with E-state index in [4.69, 9.17) is 11.6 Å². The van der Waals surface area contributed by atoms with Crippen molar-refractivity contribution in [3.05, 3.63) is 47.2 Å². The lowest BCUT2D eigenvalue weighted by atomic mass is 10.1. The third-order valence-electron chi connectivity index (χ3n) is 3.09. The van der Waals surface area contributed by atoms with Crippen LogP contribution in [0.4, 0.5) is 13.2 Å². The Morgan fingerprint density at radius 2 is 1.79 bits per heavy atom. The van der Waals surface area contributed by atoms with E-state index in [0.717, 1.165) is 12.1 Å². The second-order valence-electron chi connectivity index (χ2n) is 4.64. The van der Waals surface area contributed by atoms with E-state index >= 15 is 0 Å². The summed E-state index contributed by atoms with van der Waals surface area (Å²) in [7, 11) is 0. The highest BCUT2D eigenvalue weighted by molar-refractivity contribution is 7.98. The zero-order chi connectivity index (χ0) is 17.3. The van der Waals surface area contributed by atoms with Crippen molar-refractivity contribution in [2.45, 2.75) is 11.3 Å². The van der Waals surface area contributed by atoms with Crippen molar-refractivity contribution in [3.63, 3.8) is 0 Å². The molecule has 0 aliphatic rings. The van der Waals surface area contributed by atoms with Gasteiger partial charge in [0.15, 0.2) is 5.16 Å². The maximum absolute atomic E-state index is 12.6. The summed E-state index contributed by atoms with van der Waals surface area (Å²) in [5, 5.41) is 1.40. The molecule has 3 nitrogen and oxygen atoms in total. The number of rotatable bonds is 3. The Hall–Kier alpha value is -1.64. The van der Waals surface area contributed by atoms with E-state index in [1.54, 1.807) is 12.3 Å². The topological polar surface area (TPSA) is 38.7 Å². The Kier molecular flexibility index (Phi) is 4.80. The Balaban J connectivity index is 1.96. The van der Waals surface area contributed by atoms with E-state index in [2.05, 4.69) is 15.0 Å². The number of alkyl halides is 3. The van der Waals surface area contributed by atoms with Gasteiger partial charge in [-0.05, 0) is 24.5 Å². The van der Waals surface area contributed by atoms with Crippen LogP contribution in [0.2, 0.25) is 5.15 Å². The zero-order valence-electron chi connectivity index (χ0n) is 12.1. The fourth-order valence-corrected chi connectivity index (χ4v) is 3.59. The van der Waals surface area contributed by atoms with Gasteiger partial charge < -0.3 is 0 Å². The van der Waals surface area contributed by atoms with Crippen LogP contribution in [0.15, 0.2) is 41.7 Å². The van der Waals surface area contributed by atoms with Gasteiger partial charge in [-0.15, -0.1) is 11.3 Å². The molecule has 0 spiro atoms. The maximum atomic E-state index is 12.6. The quantitative estimate of drug-likeness (QED) is 0.429. The Labute approximate surface area is 148 Å². The van der Waals surface area contributed by atoms with Gasteiger partial charge in [0.25, 0.3) is 0 Å². The minimum Gasteiger partial charge on any atom is -0.231 e. The predicted octanol–water partition coefficient (Wildman–Crippen LogP) is 5.66. The van der Waals surface area contributed by atoms with Crippen LogP contribution in [0.25, 0.3) is 21.1 Å². The summed E-state index contributed by atoms with van der Waals surface area (Å²) >= 11 is 8.86. The van der Waals surface area contributed by atoms with Crippen LogP contribution in [0, 0.1) is 0 Å². The standard InChI is InChI=1S/C15H9ClF3N3S2/c1-23-14-20-7-6-10(21-14)11-12(16)22-13(24-11)8-2-4-9(5-3-8)15(17,18)19/h2-7H,1H3. The highest BCUT2D eigenvalue weighted by Crippen LogP contribution is 2.38. The molecule has 1 aromatic carbocycles. The van der Waals surface area contributed by atoms with Gasteiger partial charge in [-0.1, -0.05) is 35.5 Å². The van der Waals surface area contributed by atoms with Crippen molar-refractivity contribution >= 4 is 34.7 Å². The third-order valence-corrected chi connectivity index (χ3v) is 5.17. The molecular weight excluding hydrogens is 379 g/mol. The van der Waals surface area contributed by atoms with Gasteiger partial charge in [-0.3, -0.25) is 0 Å². The minimum absolute atomic E-state index is 0.264. The lowest BCUT2D eigenvalue weighted by Gasteiger charge is -2.06. The first-order valence-electron chi connectivity index (χ1n) is 6.60. The summed E-state index contributed by atoms with van der Waals surface area (Å²) in [6.07, 6.45) is -0.873. The summed E-state index contributed by atoms with van der Waals surface area (Å²) in [5.74, 6) is 0. The smallest absolute Gasteiger partial charge is 0.231 e. The molecule has 0 atom stereocenters. The number of nitrogens with zero attached hydrogens (tertiary/aromatic N) is 3. The number of thioether (sulfide) groups is 1. The molecule has 0 N–H and O–H groups in total. The van der Waals surface area contributed by atoms with E-state index in [9.17, 15) is 13.2 Å². The van der Waals surface area contributed by atoms with Crippen molar-refractivity contribution in [1.82, 2.24) is 15.0 Å². The SMILES string of the molecule is CSc1nccc(-c2sc(-c3ccc(C(F)(F)F)cc3)nc2Cl)n1. The highest BCUT2D eigenvalue weighted by Gasteiger charge is 2.30. The molecule has 0 saturated carbocycles. The fourth-order valence-electron chi connectivity index (χ4n) is 1.95. The van der Waals surface area contributed by atoms with E-state index in [-0.39, 0.29) is 5.15 Å². The maximum Gasteiger partial charge on any atom is 0.416 e. The fraction of sp³-hybridized carbons (Fsp3) is 0.133. The summed E-state index contributed by atoms with van der Waals surface area (Å²) in [4.78, 5) is 13.4. The second kappa shape index (κ2) is 6.70. The van der Waals surface area contributed by atoms with Crippen LogP contribution < -0.4 is 0 Å². The molecule has 0 fully saturated rings. The summed E-state index contributed by atoms with van der Waals surface area (Å²) in [5.41, 5.74) is 0.504. The van der Waals surface area contributed by atoms with Crippen LogP contribution in [-0.4, -0.2) is 21.2 Å². The number of halogens is 4. The van der Waals surface area contributed by atoms with E-state index < -0.39 is 11.7 Å². The lowest BCUT2D eigenvalue weighted by Crippen LogP contribution is -2.03. The number of benzene rings is 1. The minimum atomic E-state index is -4.36.